The summed E-state index contributed by atoms with van der Waals surface area (Å²) in [6.45, 7) is 3.27. The van der Waals surface area contributed by atoms with Gasteiger partial charge in [0.15, 0.2) is 0 Å². The molecule has 2 aliphatic rings. The van der Waals surface area contributed by atoms with Gasteiger partial charge in [-0.1, -0.05) is 0 Å². The quantitative estimate of drug-likeness (QED) is 0.500. The predicted molar refractivity (Wildman–Crippen MR) is 64.8 cm³/mol. The molecule has 0 spiro atoms. The lowest BCUT2D eigenvalue weighted by molar-refractivity contribution is -0.143. The number of nitrogens with two attached hydrogens (primary N) is 1. The standard InChI is InChI=1S/C6H11NO2.C5H10N2O2/c1-6(5(8)9)3-2-4-7-6;6-7-3-1-2-4(7)5(8)9/h7H,2-4H2,1H3,(H,8,9);4H,1-3,6H2,(H,8,9). The largest absolute Gasteiger partial charge is 0.480 e. The molecule has 0 aromatic carbocycles. The summed E-state index contributed by atoms with van der Waals surface area (Å²) in [6.07, 6.45) is 3.31. The Labute approximate surface area is 106 Å². The number of hydrogen-bond donors (Lipinski definition) is 4. The van der Waals surface area contributed by atoms with Crippen LogP contribution < -0.4 is 11.2 Å². The predicted octanol–water partition coefficient (Wildman–Crippen LogP) is -0.378. The Balaban J connectivity index is 0.000000180. The summed E-state index contributed by atoms with van der Waals surface area (Å²) in [5, 5.41) is 21.4. The number of carboxylic acid groups (broad SMARTS) is 2. The zero-order chi connectivity index (χ0) is 13.8. The van der Waals surface area contributed by atoms with Crippen LogP contribution in [0.1, 0.15) is 32.6 Å². The highest BCUT2D eigenvalue weighted by Gasteiger charge is 2.35. The molecular formula is C11H21N3O4. The topological polar surface area (TPSA) is 116 Å². The van der Waals surface area contributed by atoms with Crippen LogP contribution in [0.2, 0.25) is 0 Å². The third-order valence-electron chi connectivity index (χ3n) is 3.42. The smallest absolute Gasteiger partial charge is 0.323 e. The van der Waals surface area contributed by atoms with Crippen molar-refractivity contribution in [2.45, 2.75) is 44.2 Å². The van der Waals surface area contributed by atoms with Gasteiger partial charge in [0.1, 0.15) is 11.6 Å². The van der Waals surface area contributed by atoms with Crippen molar-refractivity contribution in [2.24, 2.45) is 5.84 Å². The summed E-state index contributed by atoms with van der Waals surface area (Å²) in [5.74, 6) is 3.79. The molecule has 2 aliphatic heterocycles. The lowest BCUT2D eigenvalue weighted by atomic mass is 10.0. The number of nitrogens with zero attached hydrogens (tertiary/aromatic N) is 1. The lowest BCUT2D eigenvalue weighted by Gasteiger charge is -2.16. The molecule has 2 unspecified atom stereocenters. The van der Waals surface area contributed by atoms with Crippen LogP contribution in [0.4, 0.5) is 0 Å². The third kappa shape index (κ3) is 3.66. The molecule has 104 valence electrons. The van der Waals surface area contributed by atoms with Crippen LogP contribution >= 0.6 is 0 Å². The average molecular weight is 259 g/mol. The van der Waals surface area contributed by atoms with E-state index in [1.54, 1.807) is 6.92 Å². The van der Waals surface area contributed by atoms with Gasteiger partial charge < -0.3 is 15.5 Å². The van der Waals surface area contributed by atoms with E-state index in [0.29, 0.717) is 13.0 Å². The van der Waals surface area contributed by atoms with Gasteiger partial charge in [0.2, 0.25) is 0 Å². The van der Waals surface area contributed by atoms with Crippen molar-refractivity contribution in [2.75, 3.05) is 13.1 Å². The molecule has 0 bridgehead atoms. The molecule has 2 saturated heterocycles. The molecule has 0 saturated carbocycles. The van der Waals surface area contributed by atoms with Crippen molar-refractivity contribution in [3.05, 3.63) is 0 Å². The first-order valence-corrected chi connectivity index (χ1v) is 6.09. The minimum Gasteiger partial charge on any atom is -0.480 e. The van der Waals surface area contributed by atoms with Gasteiger partial charge in [-0.3, -0.25) is 15.4 Å². The van der Waals surface area contributed by atoms with Crippen molar-refractivity contribution >= 4 is 11.9 Å². The number of aliphatic carboxylic acids is 2. The highest BCUT2D eigenvalue weighted by molar-refractivity contribution is 5.78. The van der Waals surface area contributed by atoms with E-state index in [9.17, 15) is 9.59 Å². The molecule has 7 nitrogen and oxygen atoms in total. The molecule has 7 heteroatoms. The molecule has 2 atom stereocenters. The first-order valence-electron chi connectivity index (χ1n) is 6.09. The second-order valence-electron chi connectivity index (χ2n) is 4.90. The maximum Gasteiger partial charge on any atom is 0.323 e. The minimum atomic E-state index is -0.810. The molecule has 0 aromatic rings. The van der Waals surface area contributed by atoms with Crippen LogP contribution in [0.25, 0.3) is 0 Å². The Morgan fingerprint density at radius 1 is 1.39 bits per heavy atom. The van der Waals surface area contributed by atoms with Crippen LogP contribution in [0.3, 0.4) is 0 Å². The van der Waals surface area contributed by atoms with E-state index in [2.05, 4.69) is 5.32 Å². The van der Waals surface area contributed by atoms with E-state index in [1.165, 1.54) is 5.01 Å². The Morgan fingerprint density at radius 3 is 2.28 bits per heavy atom. The second-order valence-corrected chi connectivity index (χ2v) is 4.90. The van der Waals surface area contributed by atoms with Gasteiger partial charge >= 0.3 is 11.9 Å². The average Bonchev–Trinajstić information content (AvgIpc) is 2.88. The maximum absolute atomic E-state index is 10.5. The van der Waals surface area contributed by atoms with E-state index in [1.807, 2.05) is 0 Å². The Hall–Kier alpha value is -1.18. The van der Waals surface area contributed by atoms with Crippen LogP contribution in [0.15, 0.2) is 0 Å². The van der Waals surface area contributed by atoms with E-state index in [0.717, 1.165) is 25.8 Å². The summed E-state index contributed by atoms with van der Waals surface area (Å²) < 4.78 is 0. The summed E-state index contributed by atoms with van der Waals surface area (Å²) in [5.41, 5.74) is -0.639. The number of hydrogen-bond acceptors (Lipinski definition) is 5. The number of hydrazine groups is 1. The van der Waals surface area contributed by atoms with Gasteiger partial charge in [0.05, 0.1) is 0 Å². The first-order chi connectivity index (χ1) is 8.37. The van der Waals surface area contributed by atoms with Crippen molar-refractivity contribution in [3.63, 3.8) is 0 Å². The molecule has 0 aromatic heterocycles. The van der Waals surface area contributed by atoms with Crippen LogP contribution in [-0.4, -0.2) is 51.8 Å². The monoisotopic (exact) mass is 259 g/mol. The molecule has 2 rings (SSSR count). The van der Waals surface area contributed by atoms with Crippen molar-refractivity contribution in [1.29, 1.82) is 0 Å². The fourth-order valence-corrected chi connectivity index (χ4v) is 2.13. The Bertz CT molecular complexity index is 315. The van der Waals surface area contributed by atoms with E-state index < -0.39 is 23.5 Å². The molecule has 5 N–H and O–H groups in total. The first kappa shape index (κ1) is 14.9. The molecule has 2 fully saturated rings. The summed E-state index contributed by atoms with van der Waals surface area (Å²) in [4.78, 5) is 20.8. The summed E-state index contributed by atoms with van der Waals surface area (Å²) in [7, 11) is 0. The Kier molecular flexibility index (Phi) is 5.06. The molecular weight excluding hydrogens is 238 g/mol. The minimum absolute atomic E-state index is 0.440. The SMILES string of the molecule is CC1(C(=O)O)CCCN1.NN1CCCC1C(=O)O. The van der Waals surface area contributed by atoms with E-state index >= 15 is 0 Å². The van der Waals surface area contributed by atoms with Crippen molar-refractivity contribution < 1.29 is 19.8 Å². The Morgan fingerprint density at radius 2 is 2.06 bits per heavy atom. The number of carbonyl (C=O) groups is 2. The highest BCUT2D eigenvalue weighted by Crippen LogP contribution is 2.17. The molecule has 0 amide bonds. The van der Waals surface area contributed by atoms with Crippen LogP contribution in [0, 0.1) is 0 Å². The van der Waals surface area contributed by atoms with Gasteiger partial charge in [0.25, 0.3) is 0 Å². The summed E-state index contributed by atoms with van der Waals surface area (Å²) >= 11 is 0. The summed E-state index contributed by atoms with van der Waals surface area (Å²) in [6, 6.07) is -0.440. The zero-order valence-corrected chi connectivity index (χ0v) is 10.6. The third-order valence-corrected chi connectivity index (χ3v) is 3.42. The van der Waals surface area contributed by atoms with Crippen LogP contribution in [-0.2, 0) is 9.59 Å². The van der Waals surface area contributed by atoms with Crippen molar-refractivity contribution in [1.82, 2.24) is 10.3 Å². The highest BCUT2D eigenvalue weighted by atomic mass is 16.4. The normalized spacial score (nSPS) is 31.8. The number of nitrogens with one attached hydrogen (secondary N) is 1. The fourth-order valence-electron chi connectivity index (χ4n) is 2.13. The van der Waals surface area contributed by atoms with E-state index in [-0.39, 0.29) is 0 Å². The number of rotatable bonds is 2. The second kappa shape index (κ2) is 6.12. The van der Waals surface area contributed by atoms with Gasteiger partial charge in [-0.2, -0.15) is 0 Å². The van der Waals surface area contributed by atoms with Gasteiger partial charge in [-0.15, -0.1) is 0 Å². The van der Waals surface area contributed by atoms with Gasteiger partial charge in [0, 0.05) is 6.54 Å². The zero-order valence-electron chi connectivity index (χ0n) is 10.6. The molecule has 0 radical (unpaired) electrons. The molecule has 18 heavy (non-hydrogen) atoms. The molecule has 2 heterocycles. The van der Waals surface area contributed by atoms with E-state index in [4.69, 9.17) is 16.1 Å². The number of carboxylic acids is 2. The fraction of sp³-hybridized carbons (Fsp3) is 0.818. The van der Waals surface area contributed by atoms with Gasteiger partial charge in [-0.25, -0.2) is 5.01 Å². The maximum atomic E-state index is 10.5. The van der Waals surface area contributed by atoms with Crippen LogP contribution in [0.5, 0.6) is 0 Å². The van der Waals surface area contributed by atoms with Gasteiger partial charge in [-0.05, 0) is 39.2 Å². The molecule has 0 aliphatic carbocycles. The lowest BCUT2D eigenvalue weighted by Crippen LogP contribution is -2.44. The van der Waals surface area contributed by atoms with Crippen molar-refractivity contribution in [3.8, 4) is 0 Å².